The second-order valence-electron chi connectivity index (χ2n) is 7.87. The maximum absolute atomic E-state index is 14.5. The summed E-state index contributed by atoms with van der Waals surface area (Å²) >= 11 is 0. The van der Waals surface area contributed by atoms with Crippen LogP contribution in [0.4, 0.5) is 45.2 Å². The lowest BCUT2D eigenvalue weighted by Crippen LogP contribution is -2.20. The molecule has 2 amide bonds. The van der Waals surface area contributed by atoms with Crippen molar-refractivity contribution < 1.29 is 27.1 Å². The summed E-state index contributed by atoms with van der Waals surface area (Å²) in [5, 5.41) is 7.81. The van der Waals surface area contributed by atoms with Gasteiger partial charge >= 0.3 is 12.2 Å². The van der Waals surface area contributed by atoms with Crippen LogP contribution in [-0.4, -0.2) is 17.6 Å². The van der Waals surface area contributed by atoms with Crippen molar-refractivity contribution in [1.29, 1.82) is 0 Å². The van der Waals surface area contributed by atoms with Crippen LogP contribution < -0.4 is 26.4 Å². The van der Waals surface area contributed by atoms with Crippen LogP contribution in [0.3, 0.4) is 0 Å². The fraction of sp³-hybridized carbons (Fsp3) is 0.217. The average molecular weight is 475 g/mol. The number of halogens is 4. The van der Waals surface area contributed by atoms with Gasteiger partial charge in [0.25, 0.3) is 0 Å². The second-order valence-corrected chi connectivity index (χ2v) is 7.87. The molecular formula is C23H21F4N5O2. The summed E-state index contributed by atoms with van der Waals surface area (Å²) in [6, 6.07) is 8.80. The number of nitrogens with two attached hydrogens (primary N) is 1. The summed E-state index contributed by atoms with van der Waals surface area (Å²) in [7, 11) is 0. The van der Waals surface area contributed by atoms with Crippen molar-refractivity contribution >= 4 is 28.9 Å². The van der Waals surface area contributed by atoms with Gasteiger partial charge in [0.05, 0.1) is 5.56 Å². The number of ether oxygens (including phenoxy) is 1. The molecule has 1 aliphatic rings. The van der Waals surface area contributed by atoms with Gasteiger partial charge in [0.2, 0.25) is 0 Å². The van der Waals surface area contributed by atoms with Crippen LogP contribution in [0, 0.1) is 11.7 Å². The molecule has 1 heterocycles. The molecule has 34 heavy (non-hydrogen) atoms. The quantitative estimate of drug-likeness (QED) is 0.245. The molecule has 11 heteroatoms. The number of urea groups is 1. The van der Waals surface area contributed by atoms with Crippen molar-refractivity contribution in [1.82, 2.24) is 4.98 Å². The van der Waals surface area contributed by atoms with Crippen LogP contribution in [0.15, 0.2) is 54.7 Å². The Kier molecular flexibility index (Phi) is 6.44. The van der Waals surface area contributed by atoms with E-state index in [-0.39, 0.29) is 22.8 Å². The first-order valence-electron chi connectivity index (χ1n) is 10.4. The van der Waals surface area contributed by atoms with Crippen LogP contribution in [0.2, 0.25) is 0 Å². The van der Waals surface area contributed by atoms with Crippen LogP contribution in [-0.2, 0) is 6.18 Å². The van der Waals surface area contributed by atoms with E-state index >= 15 is 0 Å². The Hall–Kier alpha value is -4.02. The first-order valence-corrected chi connectivity index (χ1v) is 10.4. The predicted molar refractivity (Wildman–Crippen MR) is 120 cm³/mol. The number of rotatable bonds is 7. The zero-order valence-corrected chi connectivity index (χ0v) is 17.7. The van der Waals surface area contributed by atoms with Gasteiger partial charge in [0.1, 0.15) is 11.6 Å². The van der Waals surface area contributed by atoms with Gasteiger partial charge in [-0.15, -0.1) is 0 Å². The van der Waals surface area contributed by atoms with Crippen molar-refractivity contribution in [3.05, 3.63) is 66.1 Å². The standard InChI is InChI=1S/C23H21F4N5O2/c24-19-10-16(31-22(33)32-17-8-14(23(25,26)27)7-15(28)9-17)3-4-20(19)34-18-5-6-29-21(11-18)30-12-13-1-2-13/h3-11,13H,1-2,12,28H2,(H,29,30)(H2,31,32,33). The minimum atomic E-state index is -4.62. The lowest BCUT2D eigenvalue weighted by atomic mass is 10.1. The monoisotopic (exact) mass is 475 g/mol. The molecule has 2 aromatic carbocycles. The molecule has 0 bridgehead atoms. The Labute approximate surface area is 192 Å². The van der Waals surface area contributed by atoms with Gasteiger partial charge < -0.3 is 26.4 Å². The van der Waals surface area contributed by atoms with E-state index in [9.17, 15) is 22.4 Å². The molecule has 1 saturated carbocycles. The normalized spacial score (nSPS) is 13.3. The first-order chi connectivity index (χ1) is 16.2. The summed E-state index contributed by atoms with van der Waals surface area (Å²) < 4.78 is 58.9. The minimum Gasteiger partial charge on any atom is -0.454 e. The highest BCUT2D eigenvalue weighted by molar-refractivity contribution is 6.00. The molecule has 7 nitrogen and oxygen atoms in total. The number of alkyl halides is 3. The fourth-order valence-corrected chi connectivity index (χ4v) is 3.11. The van der Waals surface area contributed by atoms with Gasteiger partial charge in [-0.05, 0) is 55.2 Å². The molecule has 4 rings (SSSR count). The number of benzene rings is 2. The number of nitrogen functional groups attached to an aromatic ring is 1. The molecule has 0 spiro atoms. The Balaban J connectivity index is 1.38. The van der Waals surface area contributed by atoms with Gasteiger partial charge in [-0.1, -0.05) is 0 Å². The van der Waals surface area contributed by atoms with Crippen molar-refractivity contribution in [2.75, 3.05) is 28.2 Å². The summed E-state index contributed by atoms with van der Waals surface area (Å²) in [5.74, 6) is 0.844. The first kappa shape index (κ1) is 23.1. The SMILES string of the molecule is Nc1cc(NC(=O)Nc2ccc(Oc3ccnc(NCC4CC4)c3)c(F)c2)cc(C(F)(F)F)c1. The van der Waals surface area contributed by atoms with E-state index in [1.165, 1.54) is 31.0 Å². The smallest absolute Gasteiger partial charge is 0.416 e. The molecule has 0 saturated heterocycles. The molecule has 3 aromatic rings. The summed E-state index contributed by atoms with van der Waals surface area (Å²) in [4.78, 5) is 16.4. The van der Waals surface area contributed by atoms with Gasteiger partial charge in [-0.3, -0.25) is 0 Å². The highest BCUT2D eigenvalue weighted by atomic mass is 19.4. The summed E-state index contributed by atoms with van der Waals surface area (Å²) in [5.41, 5.74) is 4.23. The third-order valence-electron chi connectivity index (χ3n) is 4.96. The average Bonchev–Trinajstić information content (AvgIpc) is 3.58. The number of pyridine rings is 1. The molecular weight excluding hydrogens is 454 g/mol. The van der Waals surface area contributed by atoms with Crippen LogP contribution in [0.1, 0.15) is 18.4 Å². The van der Waals surface area contributed by atoms with Crippen LogP contribution >= 0.6 is 0 Å². The van der Waals surface area contributed by atoms with E-state index in [1.807, 2.05) is 0 Å². The number of carbonyl (C=O) groups is 1. The van der Waals surface area contributed by atoms with Gasteiger partial charge in [-0.25, -0.2) is 14.2 Å². The minimum absolute atomic E-state index is 0.0730. The third kappa shape index (κ3) is 6.27. The largest absolute Gasteiger partial charge is 0.454 e. The number of hydrogen-bond donors (Lipinski definition) is 4. The Morgan fingerprint density at radius 3 is 2.53 bits per heavy atom. The topological polar surface area (TPSA) is 101 Å². The zero-order valence-electron chi connectivity index (χ0n) is 17.7. The molecule has 1 aromatic heterocycles. The molecule has 0 radical (unpaired) electrons. The number of amides is 2. The van der Waals surface area contributed by atoms with E-state index in [0.717, 1.165) is 24.7 Å². The van der Waals surface area contributed by atoms with Crippen molar-refractivity contribution in [3.8, 4) is 11.5 Å². The Bertz CT molecular complexity index is 1200. The molecule has 5 N–H and O–H groups in total. The van der Waals surface area contributed by atoms with Crippen molar-refractivity contribution in [3.63, 3.8) is 0 Å². The van der Waals surface area contributed by atoms with E-state index < -0.39 is 23.6 Å². The Morgan fingerprint density at radius 1 is 1.06 bits per heavy atom. The molecule has 0 aliphatic heterocycles. The fourth-order valence-electron chi connectivity index (χ4n) is 3.11. The van der Waals surface area contributed by atoms with Gasteiger partial charge in [0.15, 0.2) is 11.6 Å². The Morgan fingerprint density at radius 2 is 1.82 bits per heavy atom. The number of aromatic nitrogens is 1. The van der Waals surface area contributed by atoms with E-state index in [4.69, 9.17) is 10.5 Å². The molecule has 178 valence electrons. The number of carbonyl (C=O) groups excluding carboxylic acids is 1. The maximum Gasteiger partial charge on any atom is 0.416 e. The van der Waals surface area contributed by atoms with E-state index in [2.05, 4.69) is 20.9 Å². The summed E-state index contributed by atoms with van der Waals surface area (Å²) in [6.07, 6.45) is -0.686. The zero-order chi connectivity index (χ0) is 24.3. The highest BCUT2D eigenvalue weighted by Gasteiger charge is 2.31. The molecule has 1 aliphatic carbocycles. The van der Waals surface area contributed by atoms with Crippen molar-refractivity contribution in [2.45, 2.75) is 19.0 Å². The summed E-state index contributed by atoms with van der Waals surface area (Å²) in [6.45, 7) is 0.820. The third-order valence-corrected chi connectivity index (χ3v) is 4.96. The number of nitrogens with one attached hydrogen (secondary N) is 3. The van der Waals surface area contributed by atoms with Gasteiger partial charge in [0, 0.05) is 41.9 Å². The number of nitrogens with zero attached hydrogens (tertiary/aromatic N) is 1. The van der Waals surface area contributed by atoms with Crippen molar-refractivity contribution in [2.24, 2.45) is 5.92 Å². The second kappa shape index (κ2) is 9.46. The highest BCUT2D eigenvalue weighted by Crippen LogP contribution is 2.33. The van der Waals surface area contributed by atoms with Crippen LogP contribution in [0.25, 0.3) is 0 Å². The number of anilines is 4. The number of hydrogen-bond acceptors (Lipinski definition) is 5. The lowest BCUT2D eigenvalue weighted by Gasteiger charge is -2.13. The van der Waals surface area contributed by atoms with E-state index in [0.29, 0.717) is 17.5 Å². The molecule has 1 fully saturated rings. The van der Waals surface area contributed by atoms with Crippen LogP contribution in [0.5, 0.6) is 11.5 Å². The molecule has 0 atom stereocenters. The lowest BCUT2D eigenvalue weighted by molar-refractivity contribution is -0.137. The maximum atomic E-state index is 14.5. The van der Waals surface area contributed by atoms with E-state index in [1.54, 1.807) is 18.3 Å². The predicted octanol–water partition coefficient (Wildman–Crippen LogP) is 6.08. The van der Waals surface area contributed by atoms with Gasteiger partial charge in [-0.2, -0.15) is 13.2 Å². The molecule has 0 unspecified atom stereocenters.